The molecule has 0 aliphatic heterocycles. The van der Waals surface area contributed by atoms with Crippen molar-refractivity contribution in [2.45, 2.75) is 13.8 Å². The number of nitrogens with one attached hydrogen (secondary N) is 1. The van der Waals surface area contributed by atoms with Crippen molar-refractivity contribution >= 4 is 11.6 Å². The Morgan fingerprint density at radius 2 is 1.89 bits per heavy atom. The number of guanidine groups is 1. The van der Waals surface area contributed by atoms with Crippen molar-refractivity contribution in [2.24, 2.45) is 10.7 Å². The van der Waals surface area contributed by atoms with Crippen LogP contribution in [-0.4, -0.2) is 5.96 Å². The first-order valence-corrected chi connectivity index (χ1v) is 5.88. The van der Waals surface area contributed by atoms with Crippen LogP contribution >= 0.6 is 0 Å². The monoisotopic (exact) mass is 241 g/mol. The quantitative estimate of drug-likeness (QED) is 0.482. The van der Waals surface area contributed by atoms with E-state index >= 15 is 0 Å². The third-order valence-electron chi connectivity index (χ3n) is 2.16. The maximum atomic E-state index is 5.83. The van der Waals surface area contributed by atoms with Crippen molar-refractivity contribution < 1.29 is 0 Å². The fraction of sp³-hybridized carbons (Fsp3) is 0.133. The van der Waals surface area contributed by atoms with Crippen LogP contribution < -0.4 is 11.1 Å². The van der Waals surface area contributed by atoms with E-state index in [0.717, 1.165) is 11.4 Å². The largest absolute Gasteiger partial charge is 0.369 e. The van der Waals surface area contributed by atoms with Gasteiger partial charge in [0.1, 0.15) is 0 Å². The van der Waals surface area contributed by atoms with E-state index in [4.69, 9.17) is 5.73 Å². The molecule has 0 amide bonds. The molecule has 18 heavy (non-hydrogen) atoms. The Hall–Kier alpha value is -2.29. The van der Waals surface area contributed by atoms with Crippen LogP contribution in [0.5, 0.6) is 0 Å². The fourth-order valence-electron chi connectivity index (χ4n) is 1.30. The molecule has 0 bridgehead atoms. The van der Waals surface area contributed by atoms with Gasteiger partial charge >= 0.3 is 0 Å². The molecule has 1 aromatic rings. The van der Waals surface area contributed by atoms with Gasteiger partial charge in [0, 0.05) is 5.69 Å². The van der Waals surface area contributed by atoms with Gasteiger partial charge < -0.3 is 11.1 Å². The lowest BCUT2D eigenvalue weighted by atomic mass is 10.3. The van der Waals surface area contributed by atoms with Crippen LogP contribution in [0.3, 0.4) is 0 Å². The molecule has 0 radical (unpaired) electrons. The molecule has 0 spiro atoms. The third kappa shape index (κ3) is 5.16. The minimum absolute atomic E-state index is 0.374. The molecule has 0 aromatic heterocycles. The van der Waals surface area contributed by atoms with Crippen molar-refractivity contribution in [3.63, 3.8) is 0 Å². The molecule has 0 saturated heterocycles. The van der Waals surface area contributed by atoms with Gasteiger partial charge in [-0.15, -0.1) is 0 Å². The van der Waals surface area contributed by atoms with E-state index in [2.05, 4.69) is 10.3 Å². The molecule has 0 fully saturated rings. The Morgan fingerprint density at radius 1 is 1.17 bits per heavy atom. The van der Waals surface area contributed by atoms with E-state index in [9.17, 15) is 0 Å². The van der Waals surface area contributed by atoms with Crippen LogP contribution in [0.1, 0.15) is 13.8 Å². The number of nitrogens with zero attached hydrogens (tertiary/aromatic N) is 1. The molecule has 0 aliphatic carbocycles. The summed E-state index contributed by atoms with van der Waals surface area (Å²) in [6.07, 6.45) is 9.63. The average Bonchev–Trinajstić information content (AvgIpc) is 2.39. The second-order valence-electron chi connectivity index (χ2n) is 3.59. The Labute approximate surface area is 108 Å². The predicted molar refractivity (Wildman–Crippen MR) is 79.4 cm³/mol. The molecule has 0 heterocycles. The highest BCUT2D eigenvalue weighted by Crippen LogP contribution is 2.05. The summed E-state index contributed by atoms with van der Waals surface area (Å²) in [7, 11) is 0. The zero-order valence-electron chi connectivity index (χ0n) is 10.8. The maximum Gasteiger partial charge on any atom is 0.198 e. The second kappa shape index (κ2) is 7.90. The van der Waals surface area contributed by atoms with Crippen LogP contribution in [0, 0.1) is 0 Å². The van der Waals surface area contributed by atoms with Gasteiger partial charge in [-0.05, 0) is 32.1 Å². The molecule has 1 aromatic carbocycles. The van der Waals surface area contributed by atoms with Gasteiger partial charge in [-0.1, -0.05) is 42.5 Å². The predicted octanol–water partition coefficient (Wildman–Crippen LogP) is 3.45. The van der Waals surface area contributed by atoms with Gasteiger partial charge in [-0.25, -0.2) is 4.99 Å². The molecule has 3 N–H and O–H groups in total. The standard InChI is InChI=1S/C15H19N3/c1-3-5-7-10-13(4-2)17-15(16)18-14-11-8-6-9-12-14/h3-12H,1-2H3,(H3,16,17,18)/b5-3-,10-7-,13-4+. The smallest absolute Gasteiger partial charge is 0.198 e. The highest BCUT2D eigenvalue weighted by molar-refractivity contribution is 5.93. The topological polar surface area (TPSA) is 50.4 Å². The normalized spacial score (nSPS) is 13.4. The van der Waals surface area contributed by atoms with Crippen molar-refractivity contribution in [3.8, 4) is 0 Å². The van der Waals surface area contributed by atoms with Crippen LogP contribution in [0.25, 0.3) is 0 Å². The molecule has 0 atom stereocenters. The summed E-state index contributed by atoms with van der Waals surface area (Å²) >= 11 is 0. The average molecular weight is 241 g/mol. The number of para-hydroxylation sites is 1. The van der Waals surface area contributed by atoms with Gasteiger partial charge in [0.25, 0.3) is 0 Å². The van der Waals surface area contributed by atoms with E-state index in [1.54, 1.807) is 0 Å². The molecule has 0 unspecified atom stereocenters. The Bertz CT molecular complexity index is 468. The Kier molecular flexibility index (Phi) is 6.04. The molecule has 94 valence electrons. The number of nitrogens with two attached hydrogens (primary N) is 1. The molecular formula is C15H19N3. The lowest BCUT2D eigenvalue weighted by Crippen LogP contribution is -2.22. The summed E-state index contributed by atoms with van der Waals surface area (Å²) in [6, 6.07) is 9.71. The highest BCUT2D eigenvalue weighted by atomic mass is 15.1. The number of allylic oxidation sites excluding steroid dienone is 5. The first-order chi connectivity index (χ1) is 8.76. The van der Waals surface area contributed by atoms with E-state index < -0.39 is 0 Å². The number of hydrogen-bond donors (Lipinski definition) is 2. The first kappa shape index (κ1) is 13.8. The van der Waals surface area contributed by atoms with Crippen molar-refractivity contribution in [2.75, 3.05) is 5.32 Å². The van der Waals surface area contributed by atoms with Crippen LogP contribution in [-0.2, 0) is 0 Å². The Morgan fingerprint density at radius 3 is 2.50 bits per heavy atom. The minimum Gasteiger partial charge on any atom is -0.369 e. The van der Waals surface area contributed by atoms with Crippen molar-refractivity contribution in [1.29, 1.82) is 0 Å². The minimum atomic E-state index is 0.374. The van der Waals surface area contributed by atoms with Crippen LogP contribution in [0.4, 0.5) is 5.69 Å². The van der Waals surface area contributed by atoms with Crippen molar-refractivity contribution in [1.82, 2.24) is 0 Å². The number of rotatable bonds is 4. The zero-order valence-corrected chi connectivity index (χ0v) is 10.8. The number of hydrogen-bond acceptors (Lipinski definition) is 1. The van der Waals surface area contributed by atoms with E-state index in [0.29, 0.717) is 5.96 Å². The van der Waals surface area contributed by atoms with E-state index in [1.807, 2.05) is 74.6 Å². The van der Waals surface area contributed by atoms with Gasteiger partial charge in [0.05, 0.1) is 5.70 Å². The Balaban J connectivity index is 2.70. The molecular weight excluding hydrogens is 222 g/mol. The van der Waals surface area contributed by atoms with Gasteiger partial charge in [-0.2, -0.15) is 0 Å². The molecule has 0 saturated carbocycles. The lowest BCUT2D eigenvalue weighted by Gasteiger charge is -2.04. The zero-order chi connectivity index (χ0) is 13.2. The van der Waals surface area contributed by atoms with Crippen molar-refractivity contribution in [3.05, 3.63) is 66.4 Å². The lowest BCUT2D eigenvalue weighted by molar-refractivity contribution is 1.34. The maximum absolute atomic E-state index is 5.83. The van der Waals surface area contributed by atoms with Gasteiger partial charge in [0.2, 0.25) is 0 Å². The number of benzene rings is 1. The highest BCUT2D eigenvalue weighted by Gasteiger charge is 1.94. The van der Waals surface area contributed by atoms with E-state index in [-0.39, 0.29) is 0 Å². The number of aliphatic imine (C=N–C) groups is 1. The van der Waals surface area contributed by atoms with Crippen LogP contribution in [0.15, 0.2) is 71.4 Å². The van der Waals surface area contributed by atoms with Gasteiger partial charge in [0.15, 0.2) is 5.96 Å². The number of anilines is 1. The summed E-state index contributed by atoms with van der Waals surface area (Å²) in [6.45, 7) is 3.89. The summed E-state index contributed by atoms with van der Waals surface area (Å²) in [5.74, 6) is 0.374. The summed E-state index contributed by atoms with van der Waals surface area (Å²) in [5, 5.41) is 3.03. The summed E-state index contributed by atoms with van der Waals surface area (Å²) < 4.78 is 0. The fourth-order valence-corrected chi connectivity index (χ4v) is 1.30. The molecule has 3 heteroatoms. The molecule has 3 nitrogen and oxygen atoms in total. The summed E-state index contributed by atoms with van der Waals surface area (Å²) in [5.41, 5.74) is 7.57. The van der Waals surface area contributed by atoms with Crippen LogP contribution in [0.2, 0.25) is 0 Å². The molecule has 1 rings (SSSR count). The molecule has 0 aliphatic rings. The second-order valence-corrected chi connectivity index (χ2v) is 3.59. The van der Waals surface area contributed by atoms with Gasteiger partial charge in [-0.3, -0.25) is 0 Å². The SMILES string of the molecule is C\C=C/C=C\C(=C/C)N=C(N)Nc1ccccc1. The first-order valence-electron chi connectivity index (χ1n) is 5.88. The summed E-state index contributed by atoms with van der Waals surface area (Å²) in [4.78, 5) is 4.29. The third-order valence-corrected chi connectivity index (χ3v) is 2.16. The van der Waals surface area contributed by atoms with E-state index in [1.165, 1.54) is 0 Å².